The van der Waals surface area contributed by atoms with E-state index >= 15 is 0 Å². The van der Waals surface area contributed by atoms with Gasteiger partial charge in [0, 0.05) is 55.4 Å². The standard InChI is InChI=1S/C24H26ClN3O4/c1-32-24(31)22(19-5-2-3-6-20(19)25)26-13-15-27(16-14-26)23(30)17-8-10-18(11-9-17)28-12-4-7-21(28)29/h2-3,5-6,8-11,22H,4,7,12-16H2,1H3. The van der Waals surface area contributed by atoms with Gasteiger partial charge in [0.1, 0.15) is 6.04 Å². The summed E-state index contributed by atoms with van der Waals surface area (Å²) in [6.07, 6.45) is 1.44. The van der Waals surface area contributed by atoms with Crippen LogP contribution in [0.15, 0.2) is 48.5 Å². The second kappa shape index (κ2) is 9.71. The van der Waals surface area contributed by atoms with Gasteiger partial charge in [0.2, 0.25) is 5.91 Å². The smallest absolute Gasteiger partial charge is 0.327 e. The van der Waals surface area contributed by atoms with Gasteiger partial charge in [-0.1, -0.05) is 29.8 Å². The van der Waals surface area contributed by atoms with Gasteiger partial charge in [0.05, 0.1) is 7.11 Å². The van der Waals surface area contributed by atoms with Crippen molar-refractivity contribution in [2.75, 3.05) is 44.7 Å². The lowest BCUT2D eigenvalue weighted by Gasteiger charge is -2.38. The zero-order valence-corrected chi connectivity index (χ0v) is 18.8. The molecule has 32 heavy (non-hydrogen) atoms. The third kappa shape index (κ3) is 4.49. The van der Waals surface area contributed by atoms with Crippen molar-refractivity contribution in [2.45, 2.75) is 18.9 Å². The van der Waals surface area contributed by atoms with Crippen molar-refractivity contribution in [3.63, 3.8) is 0 Å². The molecule has 1 atom stereocenters. The average molecular weight is 456 g/mol. The van der Waals surface area contributed by atoms with Gasteiger partial charge in [-0.2, -0.15) is 0 Å². The van der Waals surface area contributed by atoms with Crippen LogP contribution in [0.2, 0.25) is 5.02 Å². The van der Waals surface area contributed by atoms with Crippen molar-refractivity contribution < 1.29 is 19.1 Å². The molecule has 8 heteroatoms. The zero-order chi connectivity index (χ0) is 22.7. The van der Waals surface area contributed by atoms with E-state index in [1.54, 1.807) is 28.0 Å². The summed E-state index contributed by atoms with van der Waals surface area (Å²) in [6, 6.07) is 13.9. The summed E-state index contributed by atoms with van der Waals surface area (Å²) in [7, 11) is 1.37. The Balaban J connectivity index is 1.42. The first-order valence-electron chi connectivity index (χ1n) is 10.8. The highest BCUT2D eigenvalue weighted by Gasteiger charge is 2.33. The number of rotatable bonds is 5. The number of esters is 1. The summed E-state index contributed by atoms with van der Waals surface area (Å²) in [5.74, 6) is -0.305. The molecular formula is C24H26ClN3O4. The molecule has 2 aromatic rings. The van der Waals surface area contributed by atoms with Gasteiger partial charge in [0.15, 0.2) is 0 Å². The van der Waals surface area contributed by atoms with E-state index in [0.29, 0.717) is 48.7 Å². The molecule has 2 aliphatic heterocycles. The van der Waals surface area contributed by atoms with Crippen LogP contribution >= 0.6 is 11.6 Å². The van der Waals surface area contributed by atoms with Crippen LogP contribution in [0.25, 0.3) is 0 Å². The Bertz CT molecular complexity index is 1000. The number of hydrogen-bond acceptors (Lipinski definition) is 5. The van der Waals surface area contributed by atoms with E-state index in [0.717, 1.165) is 18.7 Å². The first kappa shape index (κ1) is 22.3. The Labute approximate surface area is 192 Å². The van der Waals surface area contributed by atoms with Gasteiger partial charge in [-0.15, -0.1) is 0 Å². The normalized spacial score (nSPS) is 18.0. The summed E-state index contributed by atoms with van der Waals surface area (Å²) in [5.41, 5.74) is 2.12. The van der Waals surface area contributed by atoms with Crippen molar-refractivity contribution in [3.8, 4) is 0 Å². The number of nitrogens with zero attached hydrogens (tertiary/aromatic N) is 3. The molecule has 1 unspecified atom stereocenters. The average Bonchev–Trinajstić information content (AvgIpc) is 3.26. The number of ether oxygens (including phenoxy) is 1. The highest BCUT2D eigenvalue weighted by molar-refractivity contribution is 6.31. The molecule has 2 heterocycles. The molecule has 2 aromatic carbocycles. The topological polar surface area (TPSA) is 70.2 Å². The molecule has 2 fully saturated rings. The van der Waals surface area contributed by atoms with Crippen LogP contribution < -0.4 is 4.90 Å². The summed E-state index contributed by atoms with van der Waals surface area (Å²) in [5, 5.41) is 0.512. The second-order valence-corrected chi connectivity index (χ2v) is 8.38. The van der Waals surface area contributed by atoms with Gasteiger partial charge in [-0.3, -0.25) is 14.5 Å². The van der Waals surface area contributed by atoms with Crippen molar-refractivity contribution in [3.05, 3.63) is 64.7 Å². The summed E-state index contributed by atoms with van der Waals surface area (Å²) in [6.45, 7) is 2.75. The van der Waals surface area contributed by atoms with E-state index in [1.165, 1.54) is 7.11 Å². The third-order valence-corrected chi connectivity index (χ3v) is 6.43. The van der Waals surface area contributed by atoms with E-state index in [2.05, 4.69) is 0 Å². The van der Waals surface area contributed by atoms with Crippen molar-refractivity contribution >= 4 is 35.1 Å². The Morgan fingerprint density at radius 2 is 1.66 bits per heavy atom. The lowest BCUT2D eigenvalue weighted by molar-refractivity contribution is -0.148. The van der Waals surface area contributed by atoms with E-state index in [9.17, 15) is 14.4 Å². The van der Waals surface area contributed by atoms with Gasteiger partial charge in [-0.05, 0) is 42.3 Å². The monoisotopic (exact) mass is 455 g/mol. The quantitative estimate of drug-likeness (QED) is 0.648. The molecule has 2 aliphatic rings. The Kier molecular flexibility index (Phi) is 6.77. The van der Waals surface area contributed by atoms with Gasteiger partial charge in [-0.25, -0.2) is 4.79 Å². The highest BCUT2D eigenvalue weighted by atomic mass is 35.5. The lowest BCUT2D eigenvalue weighted by atomic mass is 10.0. The zero-order valence-electron chi connectivity index (χ0n) is 18.0. The van der Waals surface area contributed by atoms with E-state index in [4.69, 9.17) is 16.3 Å². The Morgan fingerprint density at radius 3 is 2.25 bits per heavy atom. The maximum Gasteiger partial charge on any atom is 0.327 e. The predicted octanol–water partition coefficient (Wildman–Crippen LogP) is 3.14. The SMILES string of the molecule is COC(=O)C(c1ccccc1Cl)N1CCN(C(=O)c2ccc(N3CCCC3=O)cc2)CC1. The molecular weight excluding hydrogens is 430 g/mol. The number of carbonyl (C=O) groups excluding carboxylic acids is 3. The molecule has 0 aromatic heterocycles. The van der Waals surface area contributed by atoms with Gasteiger partial charge >= 0.3 is 5.97 Å². The van der Waals surface area contributed by atoms with Crippen molar-refractivity contribution in [1.29, 1.82) is 0 Å². The largest absolute Gasteiger partial charge is 0.468 e. The van der Waals surface area contributed by atoms with Crippen LogP contribution in [-0.4, -0.2) is 67.4 Å². The fourth-order valence-corrected chi connectivity index (χ4v) is 4.59. The number of methoxy groups -OCH3 is 1. The van der Waals surface area contributed by atoms with Crippen LogP contribution in [0.1, 0.15) is 34.8 Å². The molecule has 2 amide bonds. The van der Waals surface area contributed by atoms with Crippen LogP contribution in [0.5, 0.6) is 0 Å². The van der Waals surface area contributed by atoms with Crippen molar-refractivity contribution in [2.24, 2.45) is 0 Å². The summed E-state index contributed by atoms with van der Waals surface area (Å²) >= 11 is 6.34. The minimum absolute atomic E-state index is 0.0590. The molecule has 2 saturated heterocycles. The van der Waals surface area contributed by atoms with Crippen LogP contribution in [0.3, 0.4) is 0 Å². The number of halogens is 1. The number of benzene rings is 2. The molecule has 0 saturated carbocycles. The minimum atomic E-state index is -0.608. The minimum Gasteiger partial charge on any atom is -0.468 e. The predicted molar refractivity (Wildman–Crippen MR) is 122 cm³/mol. The first-order valence-corrected chi connectivity index (χ1v) is 11.1. The molecule has 0 aliphatic carbocycles. The third-order valence-electron chi connectivity index (χ3n) is 6.09. The number of amides is 2. The highest BCUT2D eigenvalue weighted by Crippen LogP contribution is 2.30. The fraction of sp³-hybridized carbons (Fsp3) is 0.375. The molecule has 168 valence electrons. The number of carbonyl (C=O) groups is 3. The van der Waals surface area contributed by atoms with Crippen LogP contribution in [0, 0.1) is 0 Å². The van der Waals surface area contributed by atoms with E-state index in [1.807, 2.05) is 35.2 Å². The molecule has 4 rings (SSSR count). The summed E-state index contributed by atoms with van der Waals surface area (Å²) < 4.78 is 5.03. The van der Waals surface area contributed by atoms with Crippen LogP contribution in [0.4, 0.5) is 5.69 Å². The van der Waals surface area contributed by atoms with Gasteiger partial charge < -0.3 is 14.5 Å². The lowest BCUT2D eigenvalue weighted by Crippen LogP contribution is -2.51. The molecule has 0 radical (unpaired) electrons. The van der Waals surface area contributed by atoms with Crippen LogP contribution in [-0.2, 0) is 14.3 Å². The maximum atomic E-state index is 13.0. The molecule has 7 nitrogen and oxygen atoms in total. The molecule has 0 N–H and O–H groups in total. The van der Waals surface area contributed by atoms with Gasteiger partial charge in [0.25, 0.3) is 5.91 Å². The molecule has 0 bridgehead atoms. The van der Waals surface area contributed by atoms with E-state index < -0.39 is 6.04 Å². The maximum absolute atomic E-state index is 13.0. The Hall–Kier alpha value is -2.90. The molecule has 0 spiro atoms. The number of piperazine rings is 1. The number of anilines is 1. The fourth-order valence-electron chi connectivity index (χ4n) is 4.35. The second-order valence-electron chi connectivity index (χ2n) is 7.97. The first-order chi connectivity index (χ1) is 15.5. The number of hydrogen-bond donors (Lipinski definition) is 0. The van der Waals surface area contributed by atoms with E-state index in [-0.39, 0.29) is 17.8 Å². The Morgan fingerprint density at radius 1 is 0.969 bits per heavy atom. The van der Waals surface area contributed by atoms with Crippen molar-refractivity contribution in [1.82, 2.24) is 9.80 Å². The summed E-state index contributed by atoms with van der Waals surface area (Å²) in [4.78, 5) is 43.0.